The molecule has 1 aromatic heterocycles. The first-order valence-electron chi connectivity index (χ1n) is 7.37. The Balaban J connectivity index is 1.83. The molecule has 0 bridgehead atoms. The molecule has 0 radical (unpaired) electrons. The Morgan fingerprint density at radius 2 is 2.00 bits per heavy atom. The molecule has 5 heteroatoms. The Hall–Kier alpha value is -1.25. The second-order valence-corrected chi connectivity index (χ2v) is 7.01. The van der Waals surface area contributed by atoms with Gasteiger partial charge in [-0.05, 0) is 44.4 Å². The molecule has 108 valence electrons. The lowest BCUT2D eigenvalue weighted by Gasteiger charge is -2.34. The highest BCUT2D eigenvalue weighted by Gasteiger charge is 2.34. The van der Waals surface area contributed by atoms with E-state index in [4.69, 9.17) is 5.73 Å². The van der Waals surface area contributed by atoms with Gasteiger partial charge in [-0.25, -0.2) is 0 Å². The Labute approximate surface area is 123 Å². The molecule has 1 unspecified atom stereocenters. The minimum Gasteiger partial charge on any atom is -0.397 e. The third kappa shape index (κ3) is 2.38. The van der Waals surface area contributed by atoms with Gasteiger partial charge in [0.15, 0.2) is 0 Å². The van der Waals surface area contributed by atoms with E-state index in [0.717, 1.165) is 25.9 Å². The smallest absolute Gasteiger partial charge is 0.130 e. The van der Waals surface area contributed by atoms with Crippen molar-refractivity contribution in [3.63, 3.8) is 0 Å². The van der Waals surface area contributed by atoms with Crippen molar-refractivity contribution in [2.75, 3.05) is 23.7 Å². The summed E-state index contributed by atoms with van der Waals surface area (Å²) in [6.07, 6.45) is 4.21. The molecule has 3 rings (SSSR count). The minimum absolute atomic E-state index is 0.219. The second kappa shape index (κ2) is 5.27. The van der Waals surface area contributed by atoms with Crippen molar-refractivity contribution < 1.29 is 5.11 Å². The fraction of sp³-hybridized carbons (Fsp3) is 0.667. The van der Waals surface area contributed by atoms with Crippen LogP contribution in [0, 0.1) is 17.2 Å². The Morgan fingerprint density at radius 3 is 2.50 bits per heavy atom. The van der Waals surface area contributed by atoms with Crippen LogP contribution in [-0.4, -0.2) is 24.3 Å². The van der Waals surface area contributed by atoms with Crippen molar-refractivity contribution >= 4 is 22.0 Å². The van der Waals surface area contributed by atoms with Gasteiger partial charge in [0.2, 0.25) is 0 Å². The highest BCUT2D eigenvalue weighted by molar-refractivity contribution is 7.17. The number of aliphatic hydroxyl groups excluding tert-OH is 1. The van der Waals surface area contributed by atoms with Crippen LogP contribution in [0.15, 0.2) is 0 Å². The lowest BCUT2D eigenvalue weighted by molar-refractivity contribution is 0.110. The fourth-order valence-electron chi connectivity index (χ4n) is 3.11. The molecule has 0 amide bonds. The second-order valence-electron chi connectivity index (χ2n) is 6.01. The van der Waals surface area contributed by atoms with Crippen LogP contribution in [0.1, 0.15) is 49.0 Å². The topological polar surface area (TPSA) is 73.3 Å². The van der Waals surface area contributed by atoms with Gasteiger partial charge in [0.1, 0.15) is 10.9 Å². The van der Waals surface area contributed by atoms with E-state index in [2.05, 4.69) is 11.0 Å². The molecule has 3 N–H and O–H groups in total. The predicted octanol–water partition coefficient (Wildman–Crippen LogP) is 2.68. The van der Waals surface area contributed by atoms with Gasteiger partial charge in [-0.2, -0.15) is 5.26 Å². The van der Waals surface area contributed by atoms with Crippen LogP contribution >= 0.6 is 11.3 Å². The number of hydrogen-bond acceptors (Lipinski definition) is 5. The number of piperidine rings is 1. The van der Waals surface area contributed by atoms with Crippen LogP contribution in [0.2, 0.25) is 0 Å². The maximum absolute atomic E-state index is 9.69. The third-order valence-corrected chi connectivity index (χ3v) is 5.75. The fourth-order valence-corrected chi connectivity index (χ4v) is 4.27. The van der Waals surface area contributed by atoms with Crippen LogP contribution in [0.3, 0.4) is 0 Å². The van der Waals surface area contributed by atoms with Crippen molar-refractivity contribution in [2.45, 2.75) is 44.6 Å². The van der Waals surface area contributed by atoms with E-state index in [0.29, 0.717) is 22.4 Å². The summed E-state index contributed by atoms with van der Waals surface area (Å²) in [4.78, 5) is 3.04. The van der Waals surface area contributed by atoms with Gasteiger partial charge in [-0.15, -0.1) is 11.3 Å². The number of anilines is 2. The van der Waals surface area contributed by atoms with Gasteiger partial charge in [-0.1, -0.05) is 0 Å². The van der Waals surface area contributed by atoms with Gasteiger partial charge in [0, 0.05) is 18.7 Å². The summed E-state index contributed by atoms with van der Waals surface area (Å²) >= 11 is 1.55. The summed E-state index contributed by atoms with van der Waals surface area (Å²) in [5.41, 5.74) is 8.10. The molecular formula is C15H21N3OS. The zero-order chi connectivity index (χ0) is 14.3. The SMILES string of the molecule is CC(O)C1CCN(c2sc(C#N)c(N)c2C2CC2)CC1. The lowest BCUT2D eigenvalue weighted by atomic mass is 9.92. The summed E-state index contributed by atoms with van der Waals surface area (Å²) < 4.78 is 0. The molecule has 0 spiro atoms. The van der Waals surface area contributed by atoms with Gasteiger partial charge in [-0.3, -0.25) is 0 Å². The Morgan fingerprint density at radius 1 is 1.35 bits per heavy atom. The quantitative estimate of drug-likeness (QED) is 0.898. The molecule has 4 nitrogen and oxygen atoms in total. The number of nitrogens with two attached hydrogens (primary N) is 1. The van der Waals surface area contributed by atoms with Crippen molar-refractivity contribution in [1.29, 1.82) is 5.26 Å². The molecule has 1 aromatic rings. The van der Waals surface area contributed by atoms with Gasteiger partial charge in [0.05, 0.1) is 16.8 Å². The summed E-state index contributed by atoms with van der Waals surface area (Å²) in [7, 11) is 0. The van der Waals surface area contributed by atoms with Gasteiger partial charge >= 0.3 is 0 Å². The average molecular weight is 291 g/mol. The molecule has 1 saturated heterocycles. The molecule has 2 fully saturated rings. The number of thiophene rings is 1. The summed E-state index contributed by atoms with van der Waals surface area (Å²) in [5, 5.41) is 20.1. The van der Waals surface area contributed by atoms with Crippen LogP contribution in [0.5, 0.6) is 0 Å². The minimum atomic E-state index is -0.219. The zero-order valence-corrected chi connectivity index (χ0v) is 12.6. The molecule has 2 aliphatic rings. The first kappa shape index (κ1) is 13.7. The summed E-state index contributed by atoms with van der Waals surface area (Å²) in [6.45, 7) is 3.80. The van der Waals surface area contributed by atoms with Gasteiger partial charge < -0.3 is 15.7 Å². The van der Waals surface area contributed by atoms with Crippen molar-refractivity contribution in [1.82, 2.24) is 0 Å². The molecular weight excluding hydrogens is 270 g/mol. The van der Waals surface area contributed by atoms with Crippen LogP contribution in [-0.2, 0) is 0 Å². The standard InChI is InChI=1S/C15H21N3OS/c1-9(19)10-4-6-18(7-5-10)15-13(11-2-3-11)14(17)12(8-16)20-15/h9-11,19H,2-7,17H2,1H3. The van der Waals surface area contributed by atoms with Crippen LogP contribution in [0.25, 0.3) is 0 Å². The number of nitrogens with zero attached hydrogens (tertiary/aromatic N) is 2. The normalized spacial score (nSPS) is 21.8. The average Bonchev–Trinajstić information content (AvgIpc) is 3.22. The van der Waals surface area contributed by atoms with E-state index in [1.165, 1.54) is 23.4 Å². The highest BCUT2D eigenvalue weighted by atomic mass is 32.1. The van der Waals surface area contributed by atoms with E-state index in [1.807, 2.05) is 6.92 Å². The van der Waals surface area contributed by atoms with Crippen molar-refractivity contribution in [3.8, 4) is 6.07 Å². The first-order valence-corrected chi connectivity index (χ1v) is 8.18. The zero-order valence-electron chi connectivity index (χ0n) is 11.8. The maximum Gasteiger partial charge on any atom is 0.130 e. The molecule has 0 aromatic carbocycles. The predicted molar refractivity (Wildman–Crippen MR) is 82.0 cm³/mol. The molecule has 1 atom stereocenters. The van der Waals surface area contributed by atoms with Crippen molar-refractivity contribution in [2.24, 2.45) is 5.92 Å². The number of nitriles is 1. The highest BCUT2D eigenvalue weighted by Crippen LogP contribution is 2.52. The van der Waals surface area contributed by atoms with Crippen LogP contribution < -0.4 is 10.6 Å². The Kier molecular flexibility index (Phi) is 3.61. The largest absolute Gasteiger partial charge is 0.397 e. The van der Waals surface area contributed by atoms with Gasteiger partial charge in [0.25, 0.3) is 0 Å². The Bertz CT molecular complexity index is 534. The monoisotopic (exact) mass is 291 g/mol. The van der Waals surface area contributed by atoms with E-state index in [1.54, 1.807) is 11.3 Å². The molecule has 1 saturated carbocycles. The third-order valence-electron chi connectivity index (χ3n) is 4.56. The lowest BCUT2D eigenvalue weighted by Crippen LogP contribution is -2.37. The van der Waals surface area contributed by atoms with E-state index < -0.39 is 0 Å². The number of aliphatic hydroxyl groups is 1. The van der Waals surface area contributed by atoms with Crippen molar-refractivity contribution in [3.05, 3.63) is 10.4 Å². The van der Waals surface area contributed by atoms with E-state index >= 15 is 0 Å². The summed E-state index contributed by atoms with van der Waals surface area (Å²) in [6, 6.07) is 2.23. The number of nitrogen functional groups attached to an aromatic ring is 1. The molecule has 20 heavy (non-hydrogen) atoms. The summed E-state index contributed by atoms with van der Waals surface area (Å²) in [5.74, 6) is 0.973. The molecule has 1 aliphatic heterocycles. The van der Waals surface area contributed by atoms with Crippen LogP contribution in [0.4, 0.5) is 10.7 Å². The van der Waals surface area contributed by atoms with E-state index in [-0.39, 0.29) is 6.10 Å². The number of hydrogen-bond donors (Lipinski definition) is 2. The molecule has 2 heterocycles. The maximum atomic E-state index is 9.69. The molecule has 1 aliphatic carbocycles. The number of rotatable bonds is 3. The first-order chi connectivity index (χ1) is 9.61. The van der Waals surface area contributed by atoms with E-state index in [9.17, 15) is 10.4 Å².